The van der Waals surface area contributed by atoms with Crippen molar-refractivity contribution in [2.75, 3.05) is 13.6 Å². The number of hydrogen-bond acceptors (Lipinski definition) is 3. The predicted molar refractivity (Wildman–Crippen MR) is 76.9 cm³/mol. The van der Waals surface area contributed by atoms with Crippen LogP contribution in [0.3, 0.4) is 0 Å². The molecule has 0 radical (unpaired) electrons. The van der Waals surface area contributed by atoms with Gasteiger partial charge in [0.25, 0.3) is 0 Å². The molecule has 1 atom stereocenters. The fourth-order valence-corrected chi connectivity index (χ4v) is 2.24. The van der Waals surface area contributed by atoms with Crippen LogP contribution in [0.15, 0.2) is 21.2 Å². The van der Waals surface area contributed by atoms with Gasteiger partial charge in [-0.05, 0) is 51.9 Å². The van der Waals surface area contributed by atoms with Crippen LogP contribution in [0.1, 0.15) is 12.6 Å². The van der Waals surface area contributed by atoms with Crippen LogP contribution in [0.2, 0.25) is 0 Å². The lowest BCUT2D eigenvalue weighted by Gasteiger charge is -2.23. The van der Waals surface area contributed by atoms with Crippen molar-refractivity contribution in [1.82, 2.24) is 9.88 Å². The molecule has 0 aliphatic rings. The summed E-state index contributed by atoms with van der Waals surface area (Å²) in [7, 11) is 2.05. The molecule has 0 aliphatic carbocycles. The molecule has 0 aliphatic heterocycles. The number of nitrogens with zero attached hydrogens (tertiary/aromatic N) is 2. The third kappa shape index (κ3) is 4.67. The number of likely N-dealkylation sites (N-methyl/N-ethyl adjacent to an activating group) is 1. The minimum Gasteiger partial charge on any atom is -0.329 e. The van der Waals surface area contributed by atoms with E-state index in [1.54, 1.807) is 6.20 Å². The second kappa shape index (κ2) is 7.61. The minimum atomic E-state index is 0. The molecule has 0 aromatic carbocycles. The molecule has 0 fully saturated rings. The molecule has 1 heterocycles. The van der Waals surface area contributed by atoms with E-state index in [0.717, 1.165) is 21.2 Å². The lowest BCUT2D eigenvalue weighted by molar-refractivity contribution is 0.251. The molecule has 1 rings (SSSR count). The maximum absolute atomic E-state index is 5.61. The van der Waals surface area contributed by atoms with Gasteiger partial charge in [-0.2, -0.15) is 0 Å². The average molecular weight is 374 g/mol. The van der Waals surface area contributed by atoms with Gasteiger partial charge in [0.1, 0.15) is 0 Å². The molecule has 16 heavy (non-hydrogen) atoms. The summed E-state index contributed by atoms with van der Waals surface area (Å²) in [4.78, 5) is 6.54. The van der Waals surface area contributed by atoms with Crippen LogP contribution < -0.4 is 5.73 Å². The smallest absolute Gasteiger partial charge is 0.0686 e. The third-order valence-corrected chi connectivity index (χ3v) is 3.50. The second-order valence-electron chi connectivity index (χ2n) is 3.58. The Morgan fingerprint density at radius 3 is 2.62 bits per heavy atom. The van der Waals surface area contributed by atoms with Crippen LogP contribution >= 0.6 is 44.3 Å². The topological polar surface area (TPSA) is 42.1 Å². The van der Waals surface area contributed by atoms with Gasteiger partial charge in [0.15, 0.2) is 0 Å². The Morgan fingerprint density at radius 2 is 2.12 bits per heavy atom. The number of halogens is 3. The molecular weight excluding hydrogens is 357 g/mol. The van der Waals surface area contributed by atoms with Crippen LogP contribution in [-0.4, -0.2) is 29.5 Å². The molecule has 1 aromatic heterocycles. The van der Waals surface area contributed by atoms with Crippen molar-refractivity contribution < 1.29 is 0 Å². The van der Waals surface area contributed by atoms with Gasteiger partial charge < -0.3 is 5.73 Å². The van der Waals surface area contributed by atoms with Crippen molar-refractivity contribution in [1.29, 1.82) is 0 Å². The predicted octanol–water partition coefficient (Wildman–Crippen LogP) is 2.81. The first-order valence-electron chi connectivity index (χ1n) is 4.74. The molecule has 92 valence electrons. The molecule has 0 amide bonds. The van der Waals surface area contributed by atoms with Gasteiger partial charge >= 0.3 is 0 Å². The zero-order valence-corrected chi connectivity index (χ0v) is 13.3. The highest BCUT2D eigenvalue weighted by molar-refractivity contribution is 9.11. The molecule has 0 bridgehead atoms. The first-order chi connectivity index (χ1) is 7.04. The van der Waals surface area contributed by atoms with Gasteiger partial charge in [0, 0.05) is 34.3 Å². The summed E-state index contributed by atoms with van der Waals surface area (Å²) in [5.41, 5.74) is 6.64. The summed E-state index contributed by atoms with van der Waals surface area (Å²) in [6.45, 7) is 3.56. The van der Waals surface area contributed by atoms with E-state index in [9.17, 15) is 0 Å². The number of rotatable bonds is 4. The number of pyridine rings is 1. The van der Waals surface area contributed by atoms with Crippen molar-refractivity contribution in [3.8, 4) is 0 Å². The Kier molecular flexibility index (Phi) is 7.76. The van der Waals surface area contributed by atoms with E-state index in [1.165, 1.54) is 0 Å². The third-order valence-electron chi connectivity index (χ3n) is 2.38. The van der Waals surface area contributed by atoms with Crippen LogP contribution in [0.5, 0.6) is 0 Å². The van der Waals surface area contributed by atoms with Crippen molar-refractivity contribution in [2.45, 2.75) is 19.5 Å². The molecule has 1 aromatic rings. The molecular formula is C10H16Br2ClN3. The lowest BCUT2D eigenvalue weighted by Crippen LogP contribution is -2.35. The molecule has 6 heteroatoms. The second-order valence-corrected chi connectivity index (χ2v) is 5.35. The zero-order valence-electron chi connectivity index (χ0n) is 9.28. The Hall–Kier alpha value is 0.320. The van der Waals surface area contributed by atoms with Crippen LogP contribution in [0.25, 0.3) is 0 Å². The highest BCUT2D eigenvalue weighted by atomic mass is 79.9. The highest BCUT2D eigenvalue weighted by Crippen LogP contribution is 2.20. The Bertz CT molecular complexity index is 336. The maximum atomic E-state index is 5.61. The summed E-state index contributed by atoms with van der Waals surface area (Å²) < 4.78 is 2.00. The van der Waals surface area contributed by atoms with Crippen LogP contribution in [0, 0.1) is 0 Å². The summed E-state index contributed by atoms with van der Waals surface area (Å²) in [6.07, 6.45) is 1.81. The first kappa shape index (κ1) is 16.3. The molecule has 3 nitrogen and oxygen atoms in total. The van der Waals surface area contributed by atoms with E-state index < -0.39 is 0 Å². The molecule has 2 N–H and O–H groups in total. The molecule has 0 saturated heterocycles. The number of nitrogens with two attached hydrogens (primary N) is 1. The summed E-state index contributed by atoms with van der Waals surface area (Å²) >= 11 is 6.88. The normalized spacial score (nSPS) is 12.4. The highest BCUT2D eigenvalue weighted by Gasteiger charge is 2.10. The zero-order chi connectivity index (χ0) is 11.4. The van der Waals surface area contributed by atoms with E-state index in [1.807, 2.05) is 13.1 Å². The lowest BCUT2D eigenvalue weighted by atomic mass is 10.2. The monoisotopic (exact) mass is 371 g/mol. The molecule has 0 spiro atoms. The molecule has 0 saturated carbocycles. The SMILES string of the molecule is CC(CN)N(C)Cc1ncc(Br)cc1Br.Cl. The number of hydrogen-bond donors (Lipinski definition) is 1. The van der Waals surface area contributed by atoms with E-state index in [4.69, 9.17) is 5.73 Å². The average Bonchev–Trinajstić information content (AvgIpc) is 2.20. The van der Waals surface area contributed by atoms with Gasteiger partial charge in [0.2, 0.25) is 0 Å². The summed E-state index contributed by atoms with van der Waals surface area (Å²) in [5, 5.41) is 0. The number of aromatic nitrogens is 1. The Morgan fingerprint density at radius 1 is 1.50 bits per heavy atom. The van der Waals surface area contributed by atoms with E-state index in [2.05, 4.69) is 48.7 Å². The molecule has 1 unspecified atom stereocenters. The van der Waals surface area contributed by atoms with Gasteiger partial charge in [-0.1, -0.05) is 0 Å². The van der Waals surface area contributed by atoms with E-state index in [-0.39, 0.29) is 12.4 Å². The Labute approximate surface area is 119 Å². The fourth-order valence-electron chi connectivity index (χ4n) is 1.13. The van der Waals surface area contributed by atoms with Crippen molar-refractivity contribution in [3.63, 3.8) is 0 Å². The largest absolute Gasteiger partial charge is 0.329 e. The van der Waals surface area contributed by atoms with Crippen LogP contribution in [-0.2, 0) is 6.54 Å². The fraction of sp³-hybridized carbons (Fsp3) is 0.500. The Balaban J connectivity index is 0.00000225. The van der Waals surface area contributed by atoms with Crippen molar-refractivity contribution in [3.05, 3.63) is 26.9 Å². The van der Waals surface area contributed by atoms with Crippen molar-refractivity contribution >= 4 is 44.3 Å². The van der Waals surface area contributed by atoms with Crippen LogP contribution in [0.4, 0.5) is 0 Å². The van der Waals surface area contributed by atoms with Gasteiger partial charge in [-0.25, -0.2) is 0 Å². The van der Waals surface area contributed by atoms with Crippen molar-refractivity contribution in [2.24, 2.45) is 5.73 Å². The van der Waals surface area contributed by atoms with Gasteiger partial charge in [-0.15, -0.1) is 12.4 Å². The van der Waals surface area contributed by atoms with E-state index in [0.29, 0.717) is 12.6 Å². The van der Waals surface area contributed by atoms with E-state index >= 15 is 0 Å². The van der Waals surface area contributed by atoms with Gasteiger partial charge in [0.05, 0.1) is 5.69 Å². The maximum Gasteiger partial charge on any atom is 0.0686 e. The summed E-state index contributed by atoms with van der Waals surface area (Å²) in [5.74, 6) is 0. The summed E-state index contributed by atoms with van der Waals surface area (Å²) in [6, 6.07) is 2.37. The minimum absolute atomic E-state index is 0. The standard InChI is InChI=1S/C10H15Br2N3.ClH/c1-7(4-13)15(2)6-10-9(12)3-8(11)5-14-10;/h3,5,7H,4,6,13H2,1-2H3;1H. The first-order valence-corrected chi connectivity index (χ1v) is 6.33. The quantitative estimate of drug-likeness (QED) is 0.882. The van der Waals surface area contributed by atoms with Gasteiger partial charge in [-0.3, -0.25) is 9.88 Å².